The zero-order valence-electron chi connectivity index (χ0n) is 10.4. The van der Waals surface area contributed by atoms with Crippen LogP contribution in [0.3, 0.4) is 0 Å². The third-order valence-corrected chi connectivity index (χ3v) is 4.22. The Bertz CT molecular complexity index is 707. The van der Waals surface area contributed by atoms with Crippen LogP contribution < -0.4 is 10.5 Å². The summed E-state index contributed by atoms with van der Waals surface area (Å²) in [4.78, 5) is -0.0701. The maximum absolute atomic E-state index is 12.8. The van der Waals surface area contributed by atoms with E-state index in [2.05, 4.69) is 9.82 Å². The van der Waals surface area contributed by atoms with Crippen LogP contribution in [0.1, 0.15) is 5.69 Å². The van der Waals surface area contributed by atoms with Gasteiger partial charge in [-0.2, -0.15) is 5.10 Å². The molecule has 6 nitrogen and oxygen atoms in total. The molecule has 8 heteroatoms. The van der Waals surface area contributed by atoms with Gasteiger partial charge in [0.2, 0.25) is 0 Å². The Hall–Kier alpha value is -2.09. The quantitative estimate of drug-likeness (QED) is 0.887. The van der Waals surface area contributed by atoms with Gasteiger partial charge in [-0.3, -0.25) is 9.40 Å². The number of nitrogen functional groups attached to an aromatic ring is 1. The van der Waals surface area contributed by atoms with Crippen molar-refractivity contribution >= 4 is 21.5 Å². The van der Waals surface area contributed by atoms with E-state index < -0.39 is 15.8 Å². The van der Waals surface area contributed by atoms with E-state index in [9.17, 15) is 12.8 Å². The zero-order chi connectivity index (χ0) is 14.2. The number of nitrogens with one attached hydrogen (secondary N) is 1. The lowest BCUT2D eigenvalue weighted by molar-refractivity contribution is 0.600. The fraction of sp³-hybridized carbons (Fsp3) is 0.182. The normalized spacial score (nSPS) is 11.5. The number of nitrogens with zero attached hydrogens (tertiary/aromatic N) is 2. The number of hydrogen-bond acceptors (Lipinski definition) is 4. The summed E-state index contributed by atoms with van der Waals surface area (Å²) < 4.78 is 40.9. The van der Waals surface area contributed by atoms with Crippen molar-refractivity contribution in [1.82, 2.24) is 9.78 Å². The lowest BCUT2D eigenvalue weighted by Gasteiger charge is -2.08. The molecule has 0 fully saturated rings. The van der Waals surface area contributed by atoms with Crippen molar-refractivity contribution in [3.63, 3.8) is 0 Å². The molecule has 2 aromatic rings. The fourth-order valence-electron chi connectivity index (χ4n) is 1.67. The molecule has 0 spiro atoms. The van der Waals surface area contributed by atoms with Crippen LogP contribution in [-0.4, -0.2) is 18.2 Å². The smallest absolute Gasteiger partial charge is 0.267 e. The molecule has 0 amide bonds. The van der Waals surface area contributed by atoms with Gasteiger partial charge in [-0.05, 0) is 31.2 Å². The lowest BCUT2D eigenvalue weighted by atomic mass is 10.3. The first-order valence-electron chi connectivity index (χ1n) is 5.39. The molecule has 0 bridgehead atoms. The molecule has 0 aliphatic rings. The highest BCUT2D eigenvalue weighted by atomic mass is 32.2. The van der Waals surface area contributed by atoms with Gasteiger partial charge in [0.1, 0.15) is 5.82 Å². The SMILES string of the molecule is Cc1c(S(=O)(=O)Nc2ccc(F)cc2)c(N)nn1C. The Kier molecular flexibility index (Phi) is 3.19. The van der Waals surface area contributed by atoms with Crippen molar-refractivity contribution in [1.29, 1.82) is 0 Å². The second-order valence-corrected chi connectivity index (χ2v) is 5.66. The van der Waals surface area contributed by atoms with Gasteiger partial charge in [0.25, 0.3) is 10.0 Å². The van der Waals surface area contributed by atoms with Crippen molar-refractivity contribution in [3.05, 3.63) is 35.8 Å². The molecule has 0 aliphatic carbocycles. The van der Waals surface area contributed by atoms with Gasteiger partial charge in [0.05, 0.1) is 5.69 Å². The van der Waals surface area contributed by atoms with E-state index in [1.165, 1.54) is 16.8 Å². The van der Waals surface area contributed by atoms with Crippen LogP contribution in [0.25, 0.3) is 0 Å². The van der Waals surface area contributed by atoms with Crippen LogP contribution >= 0.6 is 0 Å². The van der Waals surface area contributed by atoms with Gasteiger partial charge in [-0.15, -0.1) is 0 Å². The van der Waals surface area contributed by atoms with Crippen LogP contribution in [0.4, 0.5) is 15.9 Å². The Morgan fingerprint density at radius 1 is 1.32 bits per heavy atom. The second kappa shape index (κ2) is 4.54. The predicted molar refractivity (Wildman–Crippen MR) is 69.6 cm³/mol. The minimum absolute atomic E-state index is 0.0701. The molecule has 0 radical (unpaired) electrons. The molecule has 102 valence electrons. The summed E-state index contributed by atoms with van der Waals surface area (Å²) in [5.41, 5.74) is 6.27. The van der Waals surface area contributed by atoms with Crippen LogP contribution in [0.5, 0.6) is 0 Å². The third kappa shape index (κ3) is 2.53. The number of sulfonamides is 1. The molecule has 19 heavy (non-hydrogen) atoms. The highest BCUT2D eigenvalue weighted by Crippen LogP contribution is 2.24. The molecule has 2 rings (SSSR count). The number of benzene rings is 1. The molecular weight excluding hydrogens is 271 g/mol. The fourth-order valence-corrected chi connectivity index (χ4v) is 3.06. The van der Waals surface area contributed by atoms with Crippen molar-refractivity contribution in [2.24, 2.45) is 7.05 Å². The van der Waals surface area contributed by atoms with E-state index in [0.717, 1.165) is 12.1 Å². The molecule has 1 aromatic carbocycles. The van der Waals surface area contributed by atoms with Crippen molar-refractivity contribution < 1.29 is 12.8 Å². The van der Waals surface area contributed by atoms with Gasteiger partial charge in [-0.1, -0.05) is 0 Å². The van der Waals surface area contributed by atoms with Crippen LogP contribution in [0.2, 0.25) is 0 Å². The van der Waals surface area contributed by atoms with Crippen molar-refractivity contribution in [3.8, 4) is 0 Å². The van der Waals surface area contributed by atoms with Gasteiger partial charge < -0.3 is 5.73 Å². The molecule has 1 aromatic heterocycles. The minimum atomic E-state index is -3.85. The summed E-state index contributed by atoms with van der Waals surface area (Å²) >= 11 is 0. The second-order valence-electron chi connectivity index (χ2n) is 4.04. The number of aryl methyl sites for hydroxylation is 1. The van der Waals surface area contributed by atoms with Gasteiger partial charge >= 0.3 is 0 Å². The Labute approximate surface area is 110 Å². The summed E-state index contributed by atoms with van der Waals surface area (Å²) in [6.45, 7) is 1.60. The average Bonchev–Trinajstić information content (AvgIpc) is 2.56. The van der Waals surface area contributed by atoms with E-state index in [-0.39, 0.29) is 16.4 Å². The van der Waals surface area contributed by atoms with E-state index in [1.54, 1.807) is 14.0 Å². The monoisotopic (exact) mass is 284 g/mol. The first-order valence-corrected chi connectivity index (χ1v) is 6.87. The molecule has 3 N–H and O–H groups in total. The van der Waals surface area contributed by atoms with Crippen molar-refractivity contribution in [2.45, 2.75) is 11.8 Å². The first-order chi connectivity index (χ1) is 8.81. The topological polar surface area (TPSA) is 90.0 Å². The van der Waals surface area contributed by atoms with E-state index in [1.807, 2.05) is 0 Å². The maximum Gasteiger partial charge on any atom is 0.267 e. The Morgan fingerprint density at radius 2 is 1.89 bits per heavy atom. The first kappa shape index (κ1) is 13.3. The highest BCUT2D eigenvalue weighted by molar-refractivity contribution is 7.93. The summed E-state index contributed by atoms with van der Waals surface area (Å²) in [5.74, 6) is -0.519. The van der Waals surface area contributed by atoms with Crippen LogP contribution in [0, 0.1) is 12.7 Å². The van der Waals surface area contributed by atoms with Gasteiger partial charge in [-0.25, -0.2) is 12.8 Å². The summed E-state index contributed by atoms with van der Waals surface area (Å²) in [5, 5.41) is 3.85. The Morgan fingerprint density at radius 3 is 2.37 bits per heavy atom. The molecule has 0 saturated heterocycles. The van der Waals surface area contributed by atoms with E-state index in [4.69, 9.17) is 5.73 Å². The standard InChI is InChI=1S/C11H13FN4O2S/c1-7-10(11(13)14-16(7)2)19(17,18)15-9-5-3-8(12)4-6-9/h3-6,15H,1-2H3,(H2,13,14). The summed E-state index contributed by atoms with van der Waals surface area (Å²) in [6.07, 6.45) is 0. The number of nitrogens with two attached hydrogens (primary N) is 1. The molecule has 0 atom stereocenters. The minimum Gasteiger partial charge on any atom is -0.381 e. The number of aromatic nitrogens is 2. The largest absolute Gasteiger partial charge is 0.381 e. The highest BCUT2D eigenvalue weighted by Gasteiger charge is 2.24. The zero-order valence-corrected chi connectivity index (χ0v) is 11.2. The molecule has 0 unspecified atom stereocenters. The number of hydrogen-bond donors (Lipinski definition) is 2. The summed E-state index contributed by atoms with van der Waals surface area (Å²) in [7, 11) is -2.25. The maximum atomic E-state index is 12.8. The van der Waals surface area contributed by atoms with Crippen LogP contribution in [-0.2, 0) is 17.1 Å². The number of halogens is 1. The molecule has 0 aliphatic heterocycles. The van der Waals surface area contributed by atoms with E-state index in [0.29, 0.717) is 5.69 Å². The average molecular weight is 284 g/mol. The van der Waals surface area contributed by atoms with Crippen LogP contribution in [0.15, 0.2) is 29.2 Å². The Balaban J connectivity index is 2.40. The predicted octanol–water partition coefficient (Wildman–Crippen LogP) is 1.25. The summed E-state index contributed by atoms with van der Waals surface area (Å²) in [6, 6.07) is 4.98. The molecular formula is C11H13FN4O2S. The number of rotatable bonds is 3. The molecule has 1 heterocycles. The lowest BCUT2D eigenvalue weighted by Crippen LogP contribution is -2.15. The third-order valence-electron chi connectivity index (χ3n) is 2.67. The number of anilines is 2. The van der Waals surface area contributed by atoms with E-state index >= 15 is 0 Å². The molecule has 0 saturated carbocycles. The van der Waals surface area contributed by atoms with Gasteiger partial charge in [0.15, 0.2) is 10.7 Å². The van der Waals surface area contributed by atoms with Gasteiger partial charge in [0, 0.05) is 12.7 Å². The van der Waals surface area contributed by atoms with Crippen molar-refractivity contribution in [2.75, 3.05) is 10.5 Å².